The van der Waals surface area contributed by atoms with E-state index in [-0.39, 0.29) is 5.91 Å². The Morgan fingerprint density at radius 2 is 2.00 bits per heavy atom. The van der Waals surface area contributed by atoms with E-state index in [1.807, 2.05) is 24.3 Å². The lowest BCUT2D eigenvalue weighted by molar-refractivity contribution is 0.0965. The Morgan fingerprint density at radius 3 is 2.82 bits per heavy atom. The van der Waals surface area contributed by atoms with E-state index >= 15 is 0 Å². The first-order valence-electron chi connectivity index (χ1n) is 5.63. The van der Waals surface area contributed by atoms with Crippen LogP contribution in [-0.2, 0) is 13.0 Å². The number of benzene rings is 1. The van der Waals surface area contributed by atoms with E-state index in [1.165, 1.54) is 5.56 Å². The number of carbonyl (C=O) groups excluding carboxylic acids is 1. The summed E-state index contributed by atoms with van der Waals surface area (Å²) in [5, 5.41) is 2.81. The maximum Gasteiger partial charge on any atom is 0.253 e. The highest BCUT2D eigenvalue weighted by molar-refractivity contribution is 5.99. The number of aromatic nitrogens is 1. The Morgan fingerprint density at radius 1 is 1.18 bits per heavy atom. The van der Waals surface area contributed by atoms with Crippen molar-refractivity contribution in [1.29, 1.82) is 0 Å². The average Bonchev–Trinajstić information content (AvgIpc) is 2.74. The molecule has 0 fully saturated rings. The Kier molecular flexibility index (Phi) is 2.37. The standard InChI is InChI=1S/C14H12N2O/c17-14-13-11(6-7-15-12(13)9-16-14)8-10-4-2-1-3-5-10/h1-7H,8-9H2,(H,16,17). The Bertz CT molecular complexity index is 564. The van der Waals surface area contributed by atoms with Gasteiger partial charge < -0.3 is 5.32 Å². The van der Waals surface area contributed by atoms with E-state index in [1.54, 1.807) is 6.20 Å². The van der Waals surface area contributed by atoms with Crippen LogP contribution in [0, 0.1) is 0 Å². The van der Waals surface area contributed by atoms with Crippen molar-refractivity contribution in [3.63, 3.8) is 0 Å². The second kappa shape index (κ2) is 4.01. The van der Waals surface area contributed by atoms with Crippen molar-refractivity contribution in [2.24, 2.45) is 0 Å². The summed E-state index contributed by atoms with van der Waals surface area (Å²) in [5.74, 6) is -0.000897. The van der Waals surface area contributed by atoms with Crippen molar-refractivity contribution in [1.82, 2.24) is 10.3 Å². The largest absolute Gasteiger partial charge is 0.346 e. The van der Waals surface area contributed by atoms with Gasteiger partial charge in [-0.3, -0.25) is 9.78 Å². The highest BCUT2D eigenvalue weighted by Crippen LogP contribution is 2.20. The zero-order valence-corrected chi connectivity index (χ0v) is 9.31. The van der Waals surface area contributed by atoms with E-state index in [9.17, 15) is 4.79 Å². The monoisotopic (exact) mass is 224 g/mol. The molecular formula is C14H12N2O. The Hall–Kier alpha value is -2.16. The predicted octanol–water partition coefficient (Wildman–Crippen LogP) is 1.92. The molecule has 0 atom stereocenters. The molecule has 1 aromatic carbocycles. The van der Waals surface area contributed by atoms with Crippen molar-refractivity contribution in [3.8, 4) is 0 Å². The molecule has 3 nitrogen and oxygen atoms in total. The Balaban J connectivity index is 2.00. The minimum absolute atomic E-state index is 0.000897. The quantitative estimate of drug-likeness (QED) is 0.846. The average molecular weight is 224 g/mol. The van der Waals surface area contributed by atoms with Gasteiger partial charge in [-0.25, -0.2) is 0 Å². The maximum absolute atomic E-state index is 11.7. The fourth-order valence-electron chi connectivity index (χ4n) is 2.18. The van der Waals surface area contributed by atoms with Crippen LogP contribution in [0.2, 0.25) is 0 Å². The summed E-state index contributed by atoms with van der Waals surface area (Å²) >= 11 is 0. The van der Waals surface area contributed by atoms with Gasteiger partial charge in [-0.2, -0.15) is 0 Å². The first-order chi connectivity index (χ1) is 8.34. The molecule has 3 rings (SSSR count). The van der Waals surface area contributed by atoms with Crippen LogP contribution in [0.5, 0.6) is 0 Å². The molecule has 0 saturated heterocycles. The number of nitrogens with zero attached hydrogens (tertiary/aromatic N) is 1. The van der Waals surface area contributed by atoms with Crippen LogP contribution in [0.25, 0.3) is 0 Å². The lowest BCUT2D eigenvalue weighted by Crippen LogP contribution is -2.13. The number of hydrogen-bond acceptors (Lipinski definition) is 2. The first kappa shape index (κ1) is 10.0. The molecule has 1 N–H and O–H groups in total. The van der Waals surface area contributed by atoms with Crippen LogP contribution >= 0.6 is 0 Å². The van der Waals surface area contributed by atoms with Gasteiger partial charge in [0.2, 0.25) is 0 Å². The molecule has 1 amide bonds. The molecule has 0 unspecified atom stereocenters. The summed E-state index contributed by atoms with van der Waals surface area (Å²) in [7, 11) is 0. The Labute approximate surface area is 99.5 Å². The molecule has 0 aliphatic carbocycles. The molecule has 0 radical (unpaired) electrons. The maximum atomic E-state index is 11.7. The van der Waals surface area contributed by atoms with Crippen molar-refractivity contribution >= 4 is 5.91 Å². The molecule has 1 aliphatic rings. The smallest absolute Gasteiger partial charge is 0.253 e. The zero-order valence-electron chi connectivity index (χ0n) is 9.31. The molecule has 0 bridgehead atoms. The van der Waals surface area contributed by atoms with Gasteiger partial charge in [-0.15, -0.1) is 0 Å². The highest BCUT2D eigenvalue weighted by atomic mass is 16.1. The fourth-order valence-corrected chi connectivity index (χ4v) is 2.18. The zero-order chi connectivity index (χ0) is 11.7. The molecule has 17 heavy (non-hydrogen) atoms. The molecule has 0 saturated carbocycles. The van der Waals surface area contributed by atoms with Gasteiger partial charge in [0, 0.05) is 6.20 Å². The fraction of sp³-hybridized carbons (Fsp3) is 0.143. The predicted molar refractivity (Wildman–Crippen MR) is 64.7 cm³/mol. The van der Waals surface area contributed by atoms with E-state index in [4.69, 9.17) is 0 Å². The second-order valence-corrected chi connectivity index (χ2v) is 4.14. The van der Waals surface area contributed by atoms with Gasteiger partial charge in [0.1, 0.15) is 0 Å². The van der Waals surface area contributed by atoms with Crippen molar-refractivity contribution < 1.29 is 4.79 Å². The highest BCUT2D eigenvalue weighted by Gasteiger charge is 2.23. The summed E-state index contributed by atoms with van der Waals surface area (Å²) in [5.41, 5.74) is 3.89. The van der Waals surface area contributed by atoms with Crippen molar-refractivity contribution in [2.45, 2.75) is 13.0 Å². The van der Waals surface area contributed by atoms with Crippen LogP contribution in [0.1, 0.15) is 27.2 Å². The molecule has 84 valence electrons. The molecule has 3 heteroatoms. The molecule has 2 aromatic rings. The van der Waals surface area contributed by atoms with Gasteiger partial charge in [-0.1, -0.05) is 30.3 Å². The van der Waals surface area contributed by atoms with Crippen LogP contribution in [0.3, 0.4) is 0 Å². The van der Waals surface area contributed by atoms with E-state index < -0.39 is 0 Å². The normalized spacial score (nSPS) is 13.3. The number of hydrogen-bond donors (Lipinski definition) is 1. The number of amides is 1. The lowest BCUT2D eigenvalue weighted by Gasteiger charge is -2.05. The van der Waals surface area contributed by atoms with Crippen molar-refractivity contribution in [2.75, 3.05) is 0 Å². The van der Waals surface area contributed by atoms with Gasteiger partial charge in [0.25, 0.3) is 5.91 Å². The molecule has 0 spiro atoms. The molecule has 2 heterocycles. The summed E-state index contributed by atoms with van der Waals surface area (Å²) in [6.45, 7) is 0.552. The van der Waals surface area contributed by atoms with Gasteiger partial charge in [-0.05, 0) is 23.6 Å². The third kappa shape index (κ3) is 1.80. The minimum atomic E-state index is -0.000897. The van der Waals surface area contributed by atoms with Gasteiger partial charge in [0.15, 0.2) is 0 Å². The van der Waals surface area contributed by atoms with Crippen LogP contribution in [0.15, 0.2) is 42.6 Å². The van der Waals surface area contributed by atoms with Crippen molar-refractivity contribution in [3.05, 3.63) is 65.0 Å². The summed E-state index contributed by atoms with van der Waals surface area (Å²) in [4.78, 5) is 16.0. The molecular weight excluding hydrogens is 212 g/mol. The lowest BCUT2D eigenvalue weighted by atomic mass is 10.0. The van der Waals surface area contributed by atoms with Crippen LogP contribution in [-0.4, -0.2) is 10.9 Å². The van der Waals surface area contributed by atoms with E-state index in [2.05, 4.69) is 22.4 Å². The number of nitrogens with one attached hydrogen (secondary N) is 1. The number of rotatable bonds is 2. The molecule has 1 aliphatic heterocycles. The van der Waals surface area contributed by atoms with E-state index in [0.29, 0.717) is 6.54 Å². The van der Waals surface area contributed by atoms with Gasteiger partial charge in [0.05, 0.1) is 17.8 Å². The summed E-state index contributed by atoms with van der Waals surface area (Å²) in [6, 6.07) is 12.1. The molecule has 1 aromatic heterocycles. The SMILES string of the molecule is O=C1NCc2nccc(Cc3ccccc3)c21. The second-order valence-electron chi connectivity index (χ2n) is 4.14. The van der Waals surface area contributed by atoms with E-state index in [0.717, 1.165) is 23.2 Å². The van der Waals surface area contributed by atoms with Crippen LogP contribution in [0.4, 0.5) is 0 Å². The third-order valence-electron chi connectivity index (χ3n) is 3.00. The first-order valence-corrected chi connectivity index (χ1v) is 5.63. The third-order valence-corrected chi connectivity index (χ3v) is 3.00. The number of pyridine rings is 1. The van der Waals surface area contributed by atoms with Crippen LogP contribution < -0.4 is 5.32 Å². The topological polar surface area (TPSA) is 42.0 Å². The minimum Gasteiger partial charge on any atom is -0.346 e. The summed E-state index contributed by atoms with van der Waals surface area (Å²) < 4.78 is 0. The number of fused-ring (bicyclic) bond motifs is 1. The van der Waals surface area contributed by atoms with Gasteiger partial charge >= 0.3 is 0 Å². The summed E-state index contributed by atoms with van der Waals surface area (Å²) in [6.07, 6.45) is 2.55. The number of carbonyl (C=O) groups is 1.